The molecule has 6 N–H and O–H groups in total. The Morgan fingerprint density at radius 3 is 2.38 bits per heavy atom. The summed E-state index contributed by atoms with van der Waals surface area (Å²) in [6.45, 7) is 1.11. The van der Waals surface area contributed by atoms with Crippen molar-refractivity contribution in [2.45, 2.75) is 31.7 Å². The number of carbonyl (C=O) groups excluding carboxylic acids is 1. The molecule has 13 heavy (non-hydrogen) atoms. The van der Waals surface area contributed by atoms with Crippen molar-refractivity contribution >= 4 is 6.29 Å². The maximum Gasteiger partial charge on any atom is 0.198 e. The van der Waals surface area contributed by atoms with Gasteiger partial charge in [0.15, 0.2) is 6.29 Å². The van der Waals surface area contributed by atoms with Crippen molar-refractivity contribution in [1.82, 2.24) is 0 Å². The molecular formula is C9H20N3O. The van der Waals surface area contributed by atoms with Crippen molar-refractivity contribution in [1.29, 1.82) is 0 Å². The van der Waals surface area contributed by atoms with Crippen molar-refractivity contribution in [3.05, 3.63) is 0 Å². The molecule has 0 aromatic rings. The fourth-order valence-corrected chi connectivity index (χ4v) is 1.32. The summed E-state index contributed by atoms with van der Waals surface area (Å²) in [6.07, 6.45) is 5.01. The molecule has 2 atom stereocenters. The first kappa shape index (κ1) is 12.6. The minimum atomic E-state index is 0.0359. The number of nitrogens with two attached hydrogens (primary N) is 3. The number of hydrogen-bond donors (Lipinski definition) is 3. The van der Waals surface area contributed by atoms with E-state index in [1.54, 1.807) is 0 Å². The van der Waals surface area contributed by atoms with Crippen LogP contribution < -0.4 is 17.2 Å². The number of unbranched alkanes of at least 4 members (excludes halogenated alkanes) is 1. The Kier molecular flexibility index (Phi) is 7.88. The standard InChI is InChI=1S/C9H20N3O/c10-6-8(3-1-2-4-13)5-9(12)7-11/h8-9H,1-3,5-7,10-12H2. The van der Waals surface area contributed by atoms with E-state index in [4.69, 9.17) is 17.2 Å². The van der Waals surface area contributed by atoms with E-state index in [1.807, 2.05) is 6.29 Å². The number of hydrogen-bond acceptors (Lipinski definition) is 4. The van der Waals surface area contributed by atoms with Crippen LogP contribution in [0.4, 0.5) is 0 Å². The molecule has 0 rings (SSSR count). The molecule has 2 unspecified atom stereocenters. The van der Waals surface area contributed by atoms with Gasteiger partial charge in [0.1, 0.15) is 0 Å². The Morgan fingerprint density at radius 2 is 1.92 bits per heavy atom. The van der Waals surface area contributed by atoms with Gasteiger partial charge < -0.3 is 17.2 Å². The summed E-state index contributed by atoms with van der Waals surface area (Å²) in [5, 5.41) is 0. The first-order chi connectivity index (χ1) is 6.24. The van der Waals surface area contributed by atoms with Crippen LogP contribution in [0.3, 0.4) is 0 Å². The predicted molar refractivity (Wildman–Crippen MR) is 53.7 cm³/mol. The van der Waals surface area contributed by atoms with Crippen LogP contribution in [0.25, 0.3) is 0 Å². The molecule has 1 radical (unpaired) electrons. The van der Waals surface area contributed by atoms with Crippen LogP contribution in [0.1, 0.15) is 25.7 Å². The minimum Gasteiger partial charge on any atom is -0.330 e. The quantitative estimate of drug-likeness (QED) is 0.446. The van der Waals surface area contributed by atoms with Gasteiger partial charge in [0.2, 0.25) is 0 Å². The van der Waals surface area contributed by atoms with Crippen molar-refractivity contribution in [2.75, 3.05) is 13.1 Å². The third-order valence-electron chi connectivity index (χ3n) is 2.16. The molecule has 0 spiro atoms. The SMILES string of the molecule is NCC(N)CC(CN)CCC[C]=O. The van der Waals surface area contributed by atoms with Crippen LogP contribution in [0.2, 0.25) is 0 Å². The normalized spacial score (nSPS) is 15.3. The van der Waals surface area contributed by atoms with E-state index in [1.165, 1.54) is 0 Å². The van der Waals surface area contributed by atoms with Crippen LogP contribution in [0.5, 0.6) is 0 Å². The van der Waals surface area contributed by atoms with Crippen molar-refractivity contribution in [3.8, 4) is 0 Å². The van der Waals surface area contributed by atoms with Gasteiger partial charge in [-0.25, -0.2) is 0 Å². The maximum absolute atomic E-state index is 9.95. The lowest BCUT2D eigenvalue weighted by Gasteiger charge is -2.17. The van der Waals surface area contributed by atoms with Gasteiger partial charge >= 0.3 is 0 Å². The van der Waals surface area contributed by atoms with Crippen molar-refractivity contribution in [3.63, 3.8) is 0 Å². The van der Waals surface area contributed by atoms with Gasteiger partial charge in [0.05, 0.1) is 0 Å². The van der Waals surface area contributed by atoms with E-state index in [2.05, 4.69) is 0 Å². The highest BCUT2D eigenvalue weighted by Gasteiger charge is 2.10. The minimum absolute atomic E-state index is 0.0359. The molecular weight excluding hydrogens is 166 g/mol. The van der Waals surface area contributed by atoms with Gasteiger partial charge in [0.25, 0.3) is 0 Å². The van der Waals surface area contributed by atoms with Crippen LogP contribution in [0, 0.1) is 5.92 Å². The van der Waals surface area contributed by atoms with Gasteiger partial charge in [0, 0.05) is 19.0 Å². The van der Waals surface area contributed by atoms with Crippen LogP contribution in [0.15, 0.2) is 0 Å². The molecule has 0 saturated carbocycles. The van der Waals surface area contributed by atoms with Gasteiger partial charge in [-0.15, -0.1) is 0 Å². The highest BCUT2D eigenvalue weighted by atomic mass is 16.1. The van der Waals surface area contributed by atoms with E-state index in [9.17, 15) is 4.79 Å². The van der Waals surface area contributed by atoms with Crippen molar-refractivity contribution in [2.24, 2.45) is 23.1 Å². The van der Waals surface area contributed by atoms with Gasteiger partial charge in [-0.2, -0.15) is 0 Å². The Balaban J connectivity index is 3.55. The highest BCUT2D eigenvalue weighted by Crippen LogP contribution is 2.12. The summed E-state index contributed by atoms with van der Waals surface area (Å²) in [5.74, 6) is 0.395. The molecule has 0 aromatic carbocycles. The Labute approximate surface area is 79.8 Å². The molecule has 0 saturated heterocycles. The van der Waals surface area contributed by atoms with Crippen LogP contribution in [-0.2, 0) is 4.79 Å². The van der Waals surface area contributed by atoms with E-state index >= 15 is 0 Å². The predicted octanol–water partition coefficient (Wildman–Crippen LogP) is -0.483. The van der Waals surface area contributed by atoms with E-state index in [0.717, 1.165) is 19.3 Å². The average molecular weight is 186 g/mol. The van der Waals surface area contributed by atoms with Gasteiger partial charge in [-0.05, 0) is 31.7 Å². The fourth-order valence-electron chi connectivity index (χ4n) is 1.32. The van der Waals surface area contributed by atoms with Crippen molar-refractivity contribution < 1.29 is 4.79 Å². The first-order valence-corrected chi connectivity index (χ1v) is 4.75. The molecule has 0 aromatic heterocycles. The monoisotopic (exact) mass is 186 g/mol. The topological polar surface area (TPSA) is 95.1 Å². The van der Waals surface area contributed by atoms with E-state index in [0.29, 0.717) is 25.4 Å². The molecule has 0 heterocycles. The zero-order chi connectivity index (χ0) is 10.1. The lowest BCUT2D eigenvalue weighted by atomic mass is 9.95. The molecule has 0 bridgehead atoms. The molecule has 4 nitrogen and oxygen atoms in total. The summed E-state index contributed by atoms with van der Waals surface area (Å²) >= 11 is 0. The second kappa shape index (κ2) is 8.16. The Bertz CT molecular complexity index is 130. The first-order valence-electron chi connectivity index (χ1n) is 4.75. The molecule has 0 aliphatic rings. The summed E-state index contributed by atoms with van der Waals surface area (Å²) in [5.41, 5.74) is 16.7. The summed E-state index contributed by atoms with van der Waals surface area (Å²) in [6, 6.07) is 0.0359. The number of rotatable bonds is 8. The smallest absolute Gasteiger partial charge is 0.198 e. The third-order valence-corrected chi connectivity index (χ3v) is 2.16. The fraction of sp³-hybridized carbons (Fsp3) is 0.889. The van der Waals surface area contributed by atoms with Gasteiger partial charge in [-0.3, -0.25) is 4.79 Å². The largest absolute Gasteiger partial charge is 0.330 e. The molecule has 4 heteroatoms. The Morgan fingerprint density at radius 1 is 1.23 bits per heavy atom. The molecule has 0 aliphatic carbocycles. The second-order valence-electron chi connectivity index (χ2n) is 3.37. The lowest BCUT2D eigenvalue weighted by Crippen LogP contribution is -2.33. The third kappa shape index (κ3) is 6.69. The lowest BCUT2D eigenvalue weighted by molar-refractivity contribution is 0.408. The summed E-state index contributed by atoms with van der Waals surface area (Å²) in [7, 11) is 0. The van der Waals surface area contributed by atoms with E-state index in [-0.39, 0.29) is 6.04 Å². The molecule has 0 aliphatic heterocycles. The maximum atomic E-state index is 9.95. The Hall–Kier alpha value is -0.450. The molecule has 77 valence electrons. The average Bonchev–Trinajstić information content (AvgIpc) is 2.16. The molecule has 0 fully saturated rings. The zero-order valence-electron chi connectivity index (χ0n) is 8.04. The second-order valence-corrected chi connectivity index (χ2v) is 3.37. The van der Waals surface area contributed by atoms with Crippen LogP contribution >= 0.6 is 0 Å². The molecule has 0 amide bonds. The summed E-state index contributed by atoms with van der Waals surface area (Å²) < 4.78 is 0. The van der Waals surface area contributed by atoms with E-state index < -0.39 is 0 Å². The van der Waals surface area contributed by atoms with Gasteiger partial charge in [-0.1, -0.05) is 0 Å². The highest BCUT2D eigenvalue weighted by molar-refractivity contribution is 5.50. The van der Waals surface area contributed by atoms with Crippen LogP contribution in [-0.4, -0.2) is 25.4 Å². The summed E-state index contributed by atoms with van der Waals surface area (Å²) in [4.78, 5) is 9.95. The zero-order valence-corrected chi connectivity index (χ0v) is 8.04.